The van der Waals surface area contributed by atoms with E-state index >= 15 is 0 Å². The molecule has 31 heavy (non-hydrogen) atoms. The number of H-pyrrole nitrogens is 1. The molecule has 0 amide bonds. The second kappa shape index (κ2) is 8.60. The fraction of sp³-hybridized carbons (Fsp3) is 0.0435. The first-order valence-electron chi connectivity index (χ1n) is 9.45. The Hall–Kier alpha value is -2.44. The molecule has 5 aromatic rings. The third kappa shape index (κ3) is 3.94. The number of hydrogen-bond donors (Lipinski definition) is 1. The number of hydrogen-bond acceptors (Lipinski definition) is 3. The van der Waals surface area contributed by atoms with Crippen molar-refractivity contribution in [1.29, 1.82) is 0 Å². The van der Waals surface area contributed by atoms with Gasteiger partial charge in [0.25, 0.3) is 0 Å². The van der Waals surface area contributed by atoms with Crippen LogP contribution in [0, 0.1) is 0 Å². The Labute approximate surface area is 198 Å². The minimum Gasteiger partial charge on any atom is -0.360 e. The highest BCUT2D eigenvalue weighted by Gasteiger charge is 2.19. The summed E-state index contributed by atoms with van der Waals surface area (Å²) in [5.41, 5.74) is 3.80. The quantitative estimate of drug-likeness (QED) is 0.260. The summed E-state index contributed by atoms with van der Waals surface area (Å²) in [6, 6.07) is 21.3. The number of aromatic amines is 1. The van der Waals surface area contributed by atoms with Gasteiger partial charge in [-0.15, -0.1) is 10.2 Å². The van der Waals surface area contributed by atoms with E-state index in [1.165, 1.54) is 11.8 Å². The number of benzene rings is 3. The molecule has 0 aliphatic rings. The largest absolute Gasteiger partial charge is 0.360 e. The molecule has 0 saturated heterocycles. The van der Waals surface area contributed by atoms with Gasteiger partial charge in [-0.1, -0.05) is 70.8 Å². The molecule has 0 saturated carbocycles. The summed E-state index contributed by atoms with van der Waals surface area (Å²) in [5, 5.41) is 12.8. The van der Waals surface area contributed by atoms with Crippen molar-refractivity contribution in [2.75, 3.05) is 0 Å². The fourth-order valence-electron chi connectivity index (χ4n) is 3.42. The Kier molecular flexibility index (Phi) is 5.67. The Bertz CT molecular complexity index is 1360. The molecule has 4 nitrogen and oxygen atoms in total. The number of rotatable bonds is 5. The fourth-order valence-corrected chi connectivity index (χ4v) is 5.24. The van der Waals surface area contributed by atoms with Crippen LogP contribution in [0.4, 0.5) is 0 Å². The molecular formula is C23H15Cl3N4S. The number of fused-ring (bicyclic) bond motifs is 1. The molecule has 0 spiro atoms. The van der Waals surface area contributed by atoms with Gasteiger partial charge in [-0.2, -0.15) is 0 Å². The molecule has 0 atom stereocenters. The van der Waals surface area contributed by atoms with Crippen molar-refractivity contribution < 1.29 is 0 Å². The third-order valence-corrected chi connectivity index (χ3v) is 6.87. The molecular weight excluding hydrogens is 471 g/mol. The van der Waals surface area contributed by atoms with E-state index in [4.69, 9.17) is 34.8 Å². The number of aromatic nitrogens is 4. The third-order valence-electron chi connectivity index (χ3n) is 4.96. The van der Waals surface area contributed by atoms with Gasteiger partial charge in [-0.3, -0.25) is 4.57 Å². The average molecular weight is 486 g/mol. The Morgan fingerprint density at radius 3 is 2.35 bits per heavy atom. The highest BCUT2D eigenvalue weighted by Crippen LogP contribution is 2.35. The van der Waals surface area contributed by atoms with Crippen molar-refractivity contribution in [3.05, 3.63) is 93.6 Å². The molecule has 0 aliphatic carbocycles. The highest BCUT2D eigenvalue weighted by molar-refractivity contribution is 7.98. The molecule has 8 heteroatoms. The first-order chi connectivity index (χ1) is 15.1. The average Bonchev–Trinajstić information content (AvgIpc) is 3.38. The monoisotopic (exact) mass is 484 g/mol. The molecule has 0 fully saturated rings. The second-order valence-electron chi connectivity index (χ2n) is 6.85. The van der Waals surface area contributed by atoms with Crippen molar-refractivity contribution in [3.8, 4) is 17.1 Å². The normalized spacial score (nSPS) is 11.3. The topological polar surface area (TPSA) is 46.5 Å². The van der Waals surface area contributed by atoms with Gasteiger partial charge in [-0.25, -0.2) is 0 Å². The zero-order valence-corrected chi connectivity index (χ0v) is 19.1. The number of nitrogens with one attached hydrogen (secondary N) is 1. The smallest absolute Gasteiger partial charge is 0.196 e. The SMILES string of the molecule is Clc1ccc(-n2c(SCc3c(Cl)cccc3Cl)nnc2-c2c[nH]c3ccccc23)cc1. The first kappa shape index (κ1) is 20.5. The lowest BCUT2D eigenvalue weighted by Crippen LogP contribution is -1.99. The summed E-state index contributed by atoms with van der Waals surface area (Å²) in [5.74, 6) is 1.31. The van der Waals surface area contributed by atoms with E-state index in [9.17, 15) is 0 Å². The molecule has 5 rings (SSSR count). The summed E-state index contributed by atoms with van der Waals surface area (Å²) >= 11 is 20.4. The first-order valence-corrected chi connectivity index (χ1v) is 11.6. The number of thioether (sulfide) groups is 1. The van der Waals surface area contributed by atoms with Gasteiger partial charge in [0.15, 0.2) is 11.0 Å². The molecule has 0 bridgehead atoms. The van der Waals surface area contributed by atoms with E-state index in [2.05, 4.69) is 21.2 Å². The van der Waals surface area contributed by atoms with Crippen LogP contribution < -0.4 is 0 Å². The van der Waals surface area contributed by atoms with E-state index in [0.717, 1.165) is 38.7 Å². The zero-order valence-electron chi connectivity index (χ0n) is 16.0. The second-order valence-corrected chi connectivity index (χ2v) is 9.05. The van der Waals surface area contributed by atoms with Gasteiger partial charge in [0.05, 0.1) is 0 Å². The van der Waals surface area contributed by atoms with Crippen LogP contribution in [0.15, 0.2) is 78.1 Å². The van der Waals surface area contributed by atoms with Crippen LogP contribution >= 0.6 is 46.6 Å². The summed E-state index contributed by atoms with van der Waals surface area (Å²) in [4.78, 5) is 3.31. The van der Waals surface area contributed by atoms with Crippen LogP contribution in [0.3, 0.4) is 0 Å². The van der Waals surface area contributed by atoms with E-state index < -0.39 is 0 Å². The van der Waals surface area contributed by atoms with Crippen molar-refractivity contribution in [2.24, 2.45) is 0 Å². The zero-order chi connectivity index (χ0) is 21.4. The lowest BCUT2D eigenvalue weighted by Gasteiger charge is -2.11. The van der Waals surface area contributed by atoms with Crippen molar-refractivity contribution in [2.45, 2.75) is 10.9 Å². The lowest BCUT2D eigenvalue weighted by atomic mass is 10.1. The number of para-hydroxylation sites is 1. The maximum absolute atomic E-state index is 6.36. The van der Waals surface area contributed by atoms with Crippen LogP contribution in [0.2, 0.25) is 15.1 Å². The van der Waals surface area contributed by atoms with Crippen LogP contribution in [0.25, 0.3) is 28.0 Å². The van der Waals surface area contributed by atoms with Gasteiger partial charge in [0, 0.05) is 49.2 Å². The molecule has 2 heterocycles. The van der Waals surface area contributed by atoms with Crippen molar-refractivity contribution in [3.63, 3.8) is 0 Å². The summed E-state index contributed by atoms with van der Waals surface area (Å²) in [6.07, 6.45) is 1.96. The Balaban J connectivity index is 1.61. The highest BCUT2D eigenvalue weighted by atomic mass is 35.5. The van der Waals surface area contributed by atoms with Gasteiger partial charge >= 0.3 is 0 Å². The van der Waals surface area contributed by atoms with Crippen molar-refractivity contribution >= 4 is 57.5 Å². The van der Waals surface area contributed by atoms with E-state index in [1.54, 1.807) is 0 Å². The van der Waals surface area contributed by atoms with Gasteiger partial charge < -0.3 is 4.98 Å². The van der Waals surface area contributed by atoms with Crippen molar-refractivity contribution in [1.82, 2.24) is 19.7 Å². The van der Waals surface area contributed by atoms with Crippen LogP contribution in [0.5, 0.6) is 0 Å². The number of halogens is 3. The van der Waals surface area contributed by atoms with Gasteiger partial charge in [0.2, 0.25) is 0 Å². The summed E-state index contributed by atoms with van der Waals surface area (Å²) in [6.45, 7) is 0. The molecule has 0 radical (unpaired) electrons. The van der Waals surface area contributed by atoms with Crippen LogP contribution in [-0.2, 0) is 5.75 Å². The predicted octanol–water partition coefficient (Wildman–Crippen LogP) is 7.67. The van der Waals surface area contributed by atoms with Gasteiger partial charge in [-0.05, 0) is 48.0 Å². The molecule has 0 unspecified atom stereocenters. The lowest BCUT2D eigenvalue weighted by molar-refractivity contribution is 0.886. The van der Waals surface area contributed by atoms with E-state index in [0.29, 0.717) is 20.8 Å². The van der Waals surface area contributed by atoms with Gasteiger partial charge in [0.1, 0.15) is 0 Å². The summed E-state index contributed by atoms with van der Waals surface area (Å²) < 4.78 is 2.03. The number of nitrogens with zero attached hydrogens (tertiary/aromatic N) is 3. The van der Waals surface area contributed by atoms with E-state index in [-0.39, 0.29) is 0 Å². The summed E-state index contributed by atoms with van der Waals surface area (Å²) in [7, 11) is 0. The van der Waals surface area contributed by atoms with E-state index in [1.807, 2.05) is 71.4 Å². The van der Waals surface area contributed by atoms with Crippen LogP contribution in [-0.4, -0.2) is 19.7 Å². The molecule has 1 N–H and O–H groups in total. The Morgan fingerprint density at radius 2 is 1.58 bits per heavy atom. The standard InChI is InChI=1S/C23H15Cl3N4S/c24-14-8-10-15(11-9-14)30-22(17-12-27-21-7-2-1-4-16(17)21)28-29-23(30)31-13-18-19(25)5-3-6-20(18)26/h1-12,27H,13H2. The van der Waals surface area contributed by atoms with Crippen LogP contribution in [0.1, 0.15) is 5.56 Å². The predicted molar refractivity (Wildman–Crippen MR) is 130 cm³/mol. The minimum atomic E-state index is 0.568. The maximum Gasteiger partial charge on any atom is 0.196 e. The minimum absolute atomic E-state index is 0.568. The molecule has 2 aromatic heterocycles. The molecule has 0 aliphatic heterocycles. The molecule has 3 aromatic carbocycles. The Morgan fingerprint density at radius 1 is 0.839 bits per heavy atom. The molecule has 154 valence electrons. The maximum atomic E-state index is 6.36.